The predicted octanol–water partition coefficient (Wildman–Crippen LogP) is 4.34. The summed E-state index contributed by atoms with van der Waals surface area (Å²) >= 11 is 11.7. The molecule has 2 amide bonds. The molecule has 98 valence electrons. The van der Waals surface area contributed by atoms with Gasteiger partial charge in [-0.05, 0) is 42.8 Å². The Hall–Kier alpha value is -1.78. The summed E-state index contributed by atoms with van der Waals surface area (Å²) in [7, 11) is 0. The topological polar surface area (TPSA) is 54.0 Å². The molecule has 2 rings (SSSR count). The fourth-order valence-electron chi connectivity index (χ4n) is 1.46. The molecule has 0 aliphatic carbocycles. The van der Waals surface area contributed by atoms with Gasteiger partial charge in [0.2, 0.25) is 0 Å². The van der Waals surface area contributed by atoms with Gasteiger partial charge in [-0.15, -0.1) is 0 Å². The van der Waals surface area contributed by atoms with Gasteiger partial charge < -0.3 is 5.32 Å². The summed E-state index contributed by atoms with van der Waals surface area (Å²) in [5.74, 6) is 0.484. The summed E-state index contributed by atoms with van der Waals surface area (Å²) in [4.78, 5) is 15.8. The second kappa shape index (κ2) is 5.91. The Labute approximate surface area is 120 Å². The Bertz CT molecular complexity index is 617. The number of aromatic nitrogens is 1. The third kappa shape index (κ3) is 3.84. The Morgan fingerprint density at radius 3 is 2.58 bits per heavy atom. The van der Waals surface area contributed by atoms with E-state index in [4.69, 9.17) is 23.2 Å². The number of halogens is 2. The molecule has 0 aliphatic rings. The number of benzene rings is 1. The fraction of sp³-hybridized carbons (Fsp3) is 0.0769. The quantitative estimate of drug-likeness (QED) is 0.866. The molecule has 0 bridgehead atoms. The van der Waals surface area contributed by atoms with Crippen molar-refractivity contribution < 1.29 is 4.79 Å². The Morgan fingerprint density at radius 1 is 1.11 bits per heavy atom. The SMILES string of the molecule is Cc1ccnc(NC(=O)Nc2ccc(Cl)c(Cl)c2)c1. The van der Waals surface area contributed by atoms with E-state index in [-0.39, 0.29) is 0 Å². The average Bonchev–Trinajstić information content (AvgIpc) is 2.34. The van der Waals surface area contributed by atoms with Gasteiger partial charge in [-0.1, -0.05) is 23.2 Å². The third-order valence-corrected chi connectivity index (χ3v) is 3.07. The molecule has 6 heteroatoms. The van der Waals surface area contributed by atoms with Crippen LogP contribution in [0, 0.1) is 6.92 Å². The minimum Gasteiger partial charge on any atom is -0.308 e. The molecule has 0 aliphatic heterocycles. The summed E-state index contributed by atoms with van der Waals surface area (Å²) in [5, 5.41) is 6.09. The van der Waals surface area contributed by atoms with Gasteiger partial charge in [-0.25, -0.2) is 9.78 Å². The van der Waals surface area contributed by atoms with Gasteiger partial charge in [0.1, 0.15) is 5.82 Å². The number of hydrogen-bond acceptors (Lipinski definition) is 2. The van der Waals surface area contributed by atoms with E-state index in [1.54, 1.807) is 30.5 Å². The number of rotatable bonds is 2. The molecule has 0 spiro atoms. The minimum absolute atomic E-state index is 0.383. The lowest BCUT2D eigenvalue weighted by atomic mass is 10.3. The van der Waals surface area contributed by atoms with Crippen LogP contribution in [0.4, 0.5) is 16.3 Å². The van der Waals surface area contributed by atoms with E-state index in [9.17, 15) is 4.79 Å². The monoisotopic (exact) mass is 295 g/mol. The lowest BCUT2D eigenvalue weighted by Gasteiger charge is -2.08. The number of nitrogens with zero attached hydrogens (tertiary/aromatic N) is 1. The molecule has 2 N–H and O–H groups in total. The van der Waals surface area contributed by atoms with Crippen molar-refractivity contribution in [3.8, 4) is 0 Å². The van der Waals surface area contributed by atoms with Gasteiger partial charge in [-0.2, -0.15) is 0 Å². The van der Waals surface area contributed by atoms with E-state index < -0.39 is 6.03 Å². The second-order valence-corrected chi connectivity index (χ2v) is 4.74. The minimum atomic E-state index is -0.392. The van der Waals surface area contributed by atoms with Gasteiger partial charge in [0.25, 0.3) is 0 Å². The Kier molecular flexibility index (Phi) is 4.24. The predicted molar refractivity (Wildman–Crippen MR) is 78.1 cm³/mol. The molecule has 4 nitrogen and oxygen atoms in total. The normalized spacial score (nSPS) is 10.1. The lowest BCUT2D eigenvalue weighted by Crippen LogP contribution is -2.20. The highest BCUT2D eigenvalue weighted by Crippen LogP contribution is 2.25. The first-order valence-electron chi connectivity index (χ1n) is 5.50. The number of amides is 2. The lowest BCUT2D eigenvalue weighted by molar-refractivity contribution is 0.262. The molecule has 0 fully saturated rings. The first-order valence-corrected chi connectivity index (χ1v) is 6.26. The molecule has 0 saturated carbocycles. The maximum absolute atomic E-state index is 11.8. The number of pyridine rings is 1. The van der Waals surface area contributed by atoms with E-state index in [0.29, 0.717) is 21.6 Å². The number of urea groups is 1. The number of anilines is 2. The average molecular weight is 296 g/mol. The number of nitrogens with one attached hydrogen (secondary N) is 2. The highest BCUT2D eigenvalue weighted by Gasteiger charge is 2.05. The Morgan fingerprint density at radius 2 is 1.89 bits per heavy atom. The van der Waals surface area contributed by atoms with E-state index in [0.717, 1.165) is 5.56 Å². The largest absolute Gasteiger partial charge is 0.324 e. The summed E-state index contributed by atoms with van der Waals surface area (Å²) in [6.45, 7) is 1.92. The zero-order chi connectivity index (χ0) is 13.8. The highest BCUT2D eigenvalue weighted by molar-refractivity contribution is 6.42. The number of carbonyl (C=O) groups is 1. The zero-order valence-corrected chi connectivity index (χ0v) is 11.6. The molecular weight excluding hydrogens is 285 g/mol. The summed E-state index contributed by atoms with van der Waals surface area (Å²) in [6, 6.07) is 8.09. The van der Waals surface area contributed by atoms with Crippen LogP contribution in [0.25, 0.3) is 0 Å². The summed E-state index contributed by atoms with van der Waals surface area (Å²) < 4.78 is 0. The highest BCUT2D eigenvalue weighted by atomic mass is 35.5. The van der Waals surface area contributed by atoms with Crippen molar-refractivity contribution in [1.29, 1.82) is 0 Å². The van der Waals surface area contributed by atoms with Crippen LogP contribution in [0.15, 0.2) is 36.5 Å². The smallest absolute Gasteiger partial charge is 0.308 e. The van der Waals surface area contributed by atoms with Crippen molar-refractivity contribution in [3.05, 3.63) is 52.1 Å². The van der Waals surface area contributed by atoms with E-state index in [1.807, 2.05) is 13.0 Å². The van der Waals surface area contributed by atoms with Crippen LogP contribution in [-0.4, -0.2) is 11.0 Å². The van der Waals surface area contributed by atoms with E-state index in [1.165, 1.54) is 0 Å². The van der Waals surface area contributed by atoms with Crippen molar-refractivity contribution in [1.82, 2.24) is 4.98 Å². The molecule has 0 saturated heterocycles. The number of carbonyl (C=O) groups excluding carboxylic acids is 1. The second-order valence-electron chi connectivity index (χ2n) is 3.93. The molecular formula is C13H11Cl2N3O. The summed E-state index contributed by atoms with van der Waals surface area (Å²) in [6.07, 6.45) is 1.63. The van der Waals surface area contributed by atoms with Crippen LogP contribution in [0.1, 0.15) is 5.56 Å². The third-order valence-electron chi connectivity index (χ3n) is 2.33. The van der Waals surface area contributed by atoms with Gasteiger partial charge in [-0.3, -0.25) is 5.32 Å². The fourth-order valence-corrected chi connectivity index (χ4v) is 1.76. The molecule has 0 radical (unpaired) electrons. The van der Waals surface area contributed by atoms with E-state index >= 15 is 0 Å². The van der Waals surface area contributed by atoms with Crippen molar-refractivity contribution in [2.24, 2.45) is 0 Å². The van der Waals surface area contributed by atoms with Gasteiger partial charge in [0.05, 0.1) is 10.0 Å². The van der Waals surface area contributed by atoms with Crippen LogP contribution in [0.2, 0.25) is 10.0 Å². The first kappa shape index (κ1) is 13.6. The Balaban J connectivity index is 2.03. The van der Waals surface area contributed by atoms with Crippen molar-refractivity contribution in [2.45, 2.75) is 6.92 Å². The van der Waals surface area contributed by atoms with Crippen LogP contribution in [0.5, 0.6) is 0 Å². The molecule has 0 unspecified atom stereocenters. The standard InChI is InChI=1S/C13H11Cl2N3O/c1-8-4-5-16-12(6-8)18-13(19)17-9-2-3-10(14)11(15)7-9/h2-7H,1H3,(H2,16,17,18,19). The van der Waals surface area contributed by atoms with Crippen LogP contribution in [0.3, 0.4) is 0 Å². The molecule has 0 atom stereocenters. The van der Waals surface area contributed by atoms with Crippen LogP contribution >= 0.6 is 23.2 Å². The van der Waals surface area contributed by atoms with Crippen LogP contribution < -0.4 is 10.6 Å². The van der Waals surface area contributed by atoms with Crippen LogP contribution in [-0.2, 0) is 0 Å². The number of hydrogen-bond donors (Lipinski definition) is 2. The van der Waals surface area contributed by atoms with E-state index in [2.05, 4.69) is 15.6 Å². The molecule has 2 aromatic rings. The number of aryl methyl sites for hydroxylation is 1. The molecule has 19 heavy (non-hydrogen) atoms. The zero-order valence-electron chi connectivity index (χ0n) is 10.1. The van der Waals surface area contributed by atoms with Crippen molar-refractivity contribution in [3.63, 3.8) is 0 Å². The maximum Gasteiger partial charge on any atom is 0.324 e. The van der Waals surface area contributed by atoms with Gasteiger partial charge >= 0.3 is 6.03 Å². The maximum atomic E-state index is 11.8. The summed E-state index contributed by atoms with van der Waals surface area (Å²) in [5.41, 5.74) is 1.57. The van der Waals surface area contributed by atoms with Gasteiger partial charge in [0, 0.05) is 11.9 Å². The van der Waals surface area contributed by atoms with Crippen molar-refractivity contribution >= 4 is 40.7 Å². The molecule has 1 aromatic carbocycles. The first-order chi connectivity index (χ1) is 9.04. The van der Waals surface area contributed by atoms with Crippen molar-refractivity contribution in [2.75, 3.05) is 10.6 Å². The molecule has 1 heterocycles. The van der Waals surface area contributed by atoms with Gasteiger partial charge in [0.15, 0.2) is 0 Å². The molecule has 1 aromatic heterocycles.